The number of fused-ring (bicyclic) bond motifs is 3. The minimum Gasteiger partial charge on any atom is -0.382 e. The van der Waals surface area contributed by atoms with E-state index in [4.69, 9.17) is 5.73 Å². The number of hydrogen-bond donors (Lipinski definition) is 2. The number of aromatic amines is 1. The number of nitrogen functional groups attached to an aromatic ring is 1. The molecule has 102 valence electrons. The lowest BCUT2D eigenvalue weighted by atomic mass is 10.1. The Bertz CT molecular complexity index is 975. The molecule has 0 unspecified atom stereocenters. The van der Waals surface area contributed by atoms with Crippen molar-refractivity contribution < 1.29 is 0 Å². The highest BCUT2D eigenvalue weighted by Gasteiger charge is 2.15. The number of H-pyrrole nitrogens is 1. The van der Waals surface area contributed by atoms with Crippen molar-refractivity contribution in [1.29, 1.82) is 0 Å². The second kappa shape index (κ2) is 4.56. The van der Waals surface area contributed by atoms with Gasteiger partial charge in [-0.1, -0.05) is 46.3 Å². The van der Waals surface area contributed by atoms with Crippen molar-refractivity contribution in [2.45, 2.75) is 0 Å². The molecule has 0 spiro atoms. The molecule has 0 saturated heterocycles. The van der Waals surface area contributed by atoms with Crippen LogP contribution in [0.5, 0.6) is 0 Å². The molecule has 0 radical (unpaired) electrons. The number of aromatic nitrogens is 3. The third-order valence-electron chi connectivity index (χ3n) is 3.56. The van der Waals surface area contributed by atoms with Gasteiger partial charge in [0.2, 0.25) is 0 Å². The summed E-state index contributed by atoms with van der Waals surface area (Å²) in [7, 11) is 0. The Balaban J connectivity index is 2.14. The van der Waals surface area contributed by atoms with E-state index in [1.807, 2.05) is 48.5 Å². The summed E-state index contributed by atoms with van der Waals surface area (Å²) in [4.78, 5) is 3.41. The number of nitrogens with two attached hydrogens (primary N) is 1. The zero-order chi connectivity index (χ0) is 14.4. The maximum absolute atomic E-state index is 6.08. The monoisotopic (exact) mass is 338 g/mol. The summed E-state index contributed by atoms with van der Waals surface area (Å²) in [5.74, 6) is 0.423. The van der Waals surface area contributed by atoms with Crippen molar-refractivity contribution >= 4 is 43.7 Å². The van der Waals surface area contributed by atoms with E-state index in [2.05, 4.69) is 31.1 Å². The average molecular weight is 339 g/mol. The minimum atomic E-state index is 0.423. The van der Waals surface area contributed by atoms with Gasteiger partial charge < -0.3 is 10.7 Å². The van der Waals surface area contributed by atoms with Crippen molar-refractivity contribution in [3.8, 4) is 11.1 Å². The maximum atomic E-state index is 6.08. The van der Waals surface area contributed by atoms with Crippen LogP contribution in [-0.4, -0.2) is 15.2 Å². The summed E-state index contributed by atoms with van der Waals surface area (Å²) in [6, 6.07) is 16.0. The van der Waals surface area contributed by atoms with E-state index in [0.717, 1.165) is 37.5 Å². The lowest BCUT2D eigenvalue weighted by Crippen LogP contribution is -1.97. The molecule has 0 amide bonds. The Morgan fingerprint density at radius 1 is 1.00 bits per heavy atom. The SMILES string of the molecule is Nc1nnc2c([nH]c3ccccc32)c1-c1cccc(Br)c1. The van der Waals surface area contributed by atoms with Gasteiger partial charge in [-0.25, -0.2) is 0 Å². The van der Waals surface area contributed by atoms with E-state index < -0.39 is 0 Å². The Hall–Kier alpha value is -2.40. The lowest BCUT2D eigenvalue weighted by Gasteiger charge is -2.06. The van der Waals surface area contributed by atoms with Gasteiger partial charge >= 0.3 is 0 Å². The van der Waals surface area contributed by atoms with Crippen LogP contribution < -0.4 is 5.73 Å². The molecule has 0 bridgehead atoms. The predicted molar refractivity (Wildman–Crippen MR) is 88.9 cm³/mol. The highest BCUT2D eigenvalue weighted by atomic mass is 79.9. The molecule has 0 fully saturated rings. The number of hydrogen-bond acceptors (Lipinski definition) is 3. The summed E-state index contributed by atoms with van der Waals surface area (Å²) in [6.07, 6.45) is 0. The molecule has 3 N–H and O–H groups in total. The van der Waals surface area contributed by atoms with Crippen molar-refractivity contribution in [2.24, 2.45) is 0 Å². The molecule has 0 aliphatic carbocycles. The molecule has 0 atom stereocenters. The van der Waals surface area contributed by atoms with E-state index in [1.165, 1.54) is 0 Å². The van der Waals surface area contributed by atoms with Gasteiger partial charge in [-0.05, 0) is 23.8 Å². The summed E-state index contributed by atoms with van der Waals surface area (Å²) >= 11 is 3.50. The highest BCUT2D eigenvalue weighted by molar-refractivity contribution is 9.10. The fraction of sp³-hybridized carbons (Fsp3) is 0. The van der Waals surface area contributed by atoms with Crippen LogP contribution in [0.1, 0.15) is 0 Å². The molecule has 2 aromatic carbocycles. The van der Waals surface area contributed by atoms with Gasteiger partial charge in [-0.2, -0.15) is 0 Å². The van der Waals surface area contributed by atoms with Gasteiger partial charge in [0.05, 0.1) is 11.1 Å². The van der Waals surface area contributed by atoms with Crippen LogP contribution in [0.25, 0.3) is 33.1 Å². The number of nitrogens with zero attached hydrogens (tertiary/aromatic N) is 2. The van der Waals surface area contributed by atoms with Gasteiger partial charge in [-0.3, -0.25) is 0 Å². The molecular weight excluding hydrogens is 328 g/mol. The number of anilines is 1. The fourth-order valence-electron chi connectivity index (χ4n) is 2.63. The topological polar surface area (TPSA) is 67.6 Å². The van der Waals surface area contributed by atoms with Crippen LogP contribution in [-0.2, 0) is 0 Å². The zero-order valence-electron chi connectivity index (χ0n) is 11.0. The normalized spacial score (nSPS) is 11.3. The number of benzene rings is 2. The Morgan fingerprint density at radius 2 is 1.86 bits per heavy atom. The summed E-state index contributed by atoms with van der Waals surface area (Å²) in [5, 5.41) is 9.44. The predicted octanol–water partition coefficient (Wildman–Crippen LogP) is 4.12. The zero-order valence-corrected chi connectivity index (χ0v) is 12.6. The number of rotatable bonds is 1. The first-order valence-electron chi connectivity index (χ1n) is 6.52. The third kappa shape index (κ3) is 1.89. The number of para-hydroxylation sites is 1. The standard InChI is InChI=1S/C16H11BrN4/c17-10-5-3-4-9(8-10)13-15-14(20-21-16(13)18)11-6-1-2-7-12(11)19-15/h1-8,19H,(H2,18,21). The Morgan fingerprint density at radius 3 is 2.71 bits per heavy atom. The fourth-order valence-corrected chi connectivity index (χ4v) is 3.03. The summed E-state index contributed by atoms with van der Waals surface area (Å²) < 4.78 is 1.00. The molecule has 2 aromatic heterocycles. The van der Waals surface area contributed by atoms with Gasteiger partial charge in [0, 0.05) is 15.4 Å². The molecule has 0 saturated carbocycles. The summed E-state index contributed by atoms with van der Waals surface area (Å²) in [6.45, 7) is 0. The minimum absolute atomic E-state index is 0.423. The van der Waals surface area contributed by atoms with Gasteiger partial charge in [-0.15, -0.1) is 10.2 Å². The van der Waals surface area contributed by atoms with E-state index in [-0.39, 0.29) is 0 Å². The largest absolute Gasteiger partial charge is 0.382 e. The smallest absolute Gasteiger partial charge is 0.156 e. The maximum Gasteiger partial charge on any atom is 0.156 e. The van der Waals surface area contributed by atoms with Crippen molar-refractivity contribution in [2.75, 3.05) is 5.73 Å². The van der Waals surface area contributed by atoms with Crippen LogP contribution in [0.2, 0.25) is 0 Å². The van der Waals surface area contributed by atoms with E-state index in [9.17, 15) is 0 Å². The molecular formula is C16H11BrN4. The molecule has 5 heteroatoms. The van der Waals surface area contributed by atoms with Crippen LogP contribution in [0.15, 0.2) is 53.0 Å². The Labute approximate surface area is 129 Å². The summed E-state index contributed by atoms with van der Waals surface area (Å²) in [5.41, 5.74) is 10.8. The second-order valence-corrected chi connectivity index (χ2v) is 5.78. The first-order valence-corrected chi connectivity index (χ1v) is 7.32. The van der Waals surface area contributed by atoms with E-state index in [0.29, 0.717) is 5.82 Å². The molecule has 2 heterocycles. The highest BCUT2D eigenvalue weighted by Crippen LogP contribution is 2.35. The molecule has 0 aliphatic heterocycles. The van der Waals surface area contributed by atoms with Crippen LogP contribution in [0.3, 0.4) is 0 Å². The van der Waals surface area contributed by atoms with Gasteiger partial charge in [0.1, 0.15) is 5.52 Å². The van der Waals surface area contributed by atoms with E-state index >= 15 is 0 Å². The number of nitrogens with one attached hydrogen (secondary N) is 1. The lowest BCUT2D eigenvalue weighted by molar-refractivity contribution is 1.09. The van der Waals surface area contributed by atoms with Crippen LogP contribution in [0.4, 0.5) is 5.82 Å². The first-order chi connectivity index (χ1) is 10.2. The van der Waals surface area contributed by atoms with Gasteiger partial charge in [0.25, 0.3) is 0 Å². The molecule has 4 aromatic rings. The quantitative estimate of drug-likeness (QED) is 0.548. The molecule has 4 nitrogen and oxygen atoms in total. The third-order valence-corrected chi connectivity index (χ3v) is 4.05. The molecule has 0 aliphatic rings. The molecule has 4 rings (SSSR count). The van der Waals surface area contributed by atoms with E-state index in [1.54, 1.807) is 0 Å². The van der Waals surface area contributed by atoms with Crippen LogP contribution in [0, 0.1) is 0 Å². The van der Waals surface area contributed by atoms with Crippen molar-refractivity contribution in [1.82, 2.24) is 15.2 Å². The van der Waals surface area contributed by atoms with Crippen molar-refractivity contribution in [3.63, 3.8) is 0 Å². The van der Waals surface area contributed by atoms with Crippen molar-refractivity contribution in [3.05, 3.63) is 53.0 Å². The molecule has 21 heavy (non-hydrogen) atoms. The second-order valence-electron chi connectivity index (χ2n) is 4.86. The first kappa shape index (κ1) is 12.3. The van der Waals surface area contributed by atoms with Gasteiger partial charge in [0.15, 0.2) is 5.82 Å². The number of halogens is 1. The average Bonchev–Trinajstić information content (AvgIpc) is 2.85. The van der Waals surface area contributed by atoms with Crippen LogP contribution >= 0.6 is 15.9 Å². The Kier molecular flexibility index (Phi) is 2.68.